The highest BCUT2D eigenvalue weighted by Gasteiger charge is 2.41. The largest absolute Gasteiger partial charge is 0.304 e. The van der Waals surface area contributed by atoms with Crippen molar-refractivity contribution in [3.05, 3.63) is 29.8 Å². The second-order valence-electron chi connectivity index (χ2n) is 7.25. The molecule has 0 bridgehead atoms. The molecule has 0 radical (unpaired) electrons. The smallest absolute Gasteiger partial charge is 0.243 e. The minimum Gasteiger partial charge on any atom is -0.304 e. The van der Waals surface area contributed by atoms with Crippen molar-refractivity contribution in [1.82, 2.24) is 9.62 Å². The lowest BCUT2D eigenvalue weighted by molar-refractivity contribution is 0.101. The first-order chi connectivity index (χ1) is 9.93. The molecule has 1 fully saturated rings. The molecule has 6 heteroatoms. The molecule has 1 saturated heterocycles. The van der Waals surface area contributed by atoms with Gasteiger partial charge in [-0.15, -0.1) is 0 Å². The summed E-state index contributed by atoms with van der Waals surface area (Å²) in [6, 6.07) is 6.14. The molecule has 0 spiro atoms. The molecule has 22 heavy (non-hydrogen) atoms. The Kier molecular flexibility index (Phi) is 4.23. The van der Waals surface area contributed by atoms with Crippen LogP contribution in [0.25, 0.3) is 0 Å². The highest BCUT2D eigenvalue weighted by Crippen LogP contribution is 2.26. The fourth-order valence-electron chi connectivity index (χ4n) is 3.11. The van der Waals surface area contributed by atoms with Gasteiger partial charge in [-0.05, 0) is 46.8 Å². The molecule has 0 saturated carbocycles. The number of hydrogen-bond donors (Lipinski definition) is 1. The fraction of sp³-hybridized carbons (Fsp3) is 0.562. The van der Waals surface area contributed by atoms with Crippen LogP contribution in [0.3, 0.4) is 0 Å². The molecule has 1 aromatic rings. The van der Waals surface area contributed by atoms with Gasteiger partial charge in [-0.25, -0.2) is 8.42 Å². The Morgan fingerprint density at radius 1 is 1.05 bits per heavy atom. The number of hydrogen-bond acceptors (Lipinski definition) is 4. The topological polar surface area (TPSA) is 66.5 Å². The number of ketones is 1. The Morgan fingerprint density at radius 2 is 1.50 bits per heavy atom. The molecule has 1 aliphatic rings. The average molecular weight is 324 g/mol. The Hall–Kier alpha value is -1.24. The zero-order valence-electron chi connectivity index (χ0n) is 13.8. The molecule has 5 nitrogen and oxygen atoms in total. The Labute approximate surface area is 132 Å². The maximum absolute atomic E-state index is 12.9. The van der Waals surface area contributed by atoms with E-state index in [1.807, 2.05) is 27.7 Å². The summed E-state index contributed by atoms with van der Waals surface area (Å²) in [6.45, 7) is 10.3. The molecule has 0 unspecified atom stereocenters. The van der Waals surface area contributed by atoms with Crippen LogP contribution >= 0.6 is 0 Å². The minimum atomic E-state index is -3.56. The van der Waals surface area contributed by atoms with Gasteiger partial charge in [0.15, 0.2) is 5.78 Å². The number of Topliss-reactive ketones (excluding diaryl/α,β-unsaturated/α-hetero) is 1. The highest BCUT2D eigenvalue weighted by atomic mass is 32.2. The van der Waals surface area contributed by atoms with E-state index in [4.69, 9.17) is 0 Å². The molecule has 122 valence electrons. The number of nitrogens with zero attached hydrogens (tertiary/aromatic N) is 1. The third-order valence-corrected chi connectivity index (χ3v) is 5.52. The van der Waals surface area contributed by atoms with E-state index in [9.17, 15) is 13.2 Å². The van der Waals surface area contributed by atoms with Crippen LogP contribution in [0.4, 0.5) is 0 Å². The van der Waals surface area contributed by atoms with Gasteiger partial charge >= 0.3 is 0 Å². The van der Waals surface area contributed by atoms with Gasteiger partial charge < -0.3 is 5.32 Å². The van der Waals surface area contributed by atoms with Crippen molar-refractivity contribution in [2.45, 2.75) is 50.6 Å². The van der Waals surface area contributed by atoms with E-state index in [0.29, 0.717) is 18.7 Å². The predicted octanol–water partition coefficient (Wildman–Crippen LogP) is 2.04. The Balaban J connectivity index is 2.35. The molecule has 1 N–H and O–H groups in total. The van der Waals surface area contributed by atoms with Gasteiger partial charge in [0.25, 0.3) is 0 Å². The van der Waals surface area contributed by atoms with Crippen molar-refractivity contribution < 1.29 is 13.2 Å². The first-order valence-electron chi connectivity index (χ1n) is 7.34. The first kappa shape index (κ1) is 17.1. The molecule has 0 aromatic heterocycles. The summed E-state index contributed by atoms with van der Waals surface area (Å²) in [6.07, 6.45) is 0. The maximum Gasteiger partial charge on any atom is 0.243 e. The highest BCUT2D eigenvalue weighted by molar-refractivity contribution is 7.89. The summed E-state index contributed by atoms with van der Waals surface area (Å²) in [5, 5.41) is 3.46. The zero-order valence-corrected chi connectivity index (χ0v) is 14.6. The quantitative estimate of drug-likeness (QED) is 0.864. The molecular weight excluding hydrogens is 300 g/mol. The molecule has 0 aliphatic carbocycles. The predicted molar refractivity (Wildman–Crippen MR) is 86.5 cm³/mol. The van der Waals surface area contributed by atoms with E-state index in [0.717, 1.165) is 0 Å². The third kappa shape index (κ3) is 3.56. The van der Waals surface area contributed by atoms with E-state index in [2.05, 4.69) is 5.32 Å². The van der Waals surface area contributed by atoms with Crippen LogP contribution in [0.5, 0.6) is 0 Å². The molecule has 2 rings (SSSR count). The van der Waals surface area contributed by atoms with E-state index in [-0.39, 0.29) is 21.8 Å². The molecular formula is C16H24N2O3S. The van der Waals surface area contributed by atoms with E-state index >= 15 is 0 Å². The zero-order chi connectivity index (χ0) is 16.8. The summed E-state index contributed by atoms with van der Waals surface area (Å²) in [5.41, 5.74) is -0.0811. The summed E-state index contributed by atoms with van der Waals surface area (Å²) in [5.74, 6) is -0.0756. The van der Waals surface area contributed by atoms with Gasteiger partial charge in [-0.2, -0.15) is 4.31 Å². The van der Waals surface area contributed by atoms with E-state index < -0.39 is 10.0 Å². The SMILES string of the molecule is CC(=O)c1ccc(S(=O)(=O)N2CC(C)(C)NC(C)(C)C2)cc1. The van der Waals surface area contributed by atoms with Crippen molar-refractivity contribution in [3.8, 4) is 0 Å². The van der Waals surface area contributed by atoms with Crippen LogP contribution in [-0.2, 0) is 10.0 Å². The van der Waals surface area contributed by atoms with Crippen LogP contribution in [0.2, 0.25) is 0 Å². The Morgan fingerprint density at radius 3 is 1.91 bits per heavy atom. The number of benzene rings is 1. The summed E-state index contributed by atoms with van der Waals surface area (Å²) < 4.78 is 27.2. The lowest BCUT2D eigenvalue weighted by Crippen LogP contribution is -2.67. The van der Waals surface area contributed by atoms with E-state index in [1.165, 1.54) is 23.4 Å². The Bertz CT molecular complexity index is 660. The number of carbonyl (C=O) groups excluding carboxylic acids is 1. The molecule has 1 aromatic carbocycles. The summed E-state index contributed by atoms with van der Waals surface area (Å²) >= 11 is 0. The lowest BCUT2D eigenvalue weighted by atomic mass is 9.93. The lowest BCUT2D eigenvalue weighted by Gasteiger charge is -2.47. The van der Waals surface area contributed by atoms with Crippen LogP contribution in [-0.4, -0.2) is 42.7 Å². The number of sulfonamides is 1. The summed E-state index contributed by atoms with van der Waals surface area (Å²) in [4.78, 5) is 11.5. The van der Waals surface area contributed by atoms with E-state index in [1.54, 1.807) is 12.1 Å². The monoisotopic (exact) mass is 324 g/mol. The second-order valence-corrected chi connectivity index (χ2v) is 9.18. The van der Waals surface area contributed by atoms with Crippen LogP contribution in [0.15, 0.2) is 29.2 Å². The second kappa shape index (κ2) is 5.44. The summed E-state index contributed by atoms with van der Waals surface area (Å²) in [7, 11) is -3.56. The van der Waals surface area contributed by atoms with Crippen LogP contribution in [0.1, 0.15) is 45.0 Å². The van der Waals surface area contributed by atoms with Crippen LogP contribution in [0, 0.1) is 0 Å². The number of piperazine rings is 1. The van der Waals surface area contributed by atoms with Gasteiger partial charge in [-0.3, -0.25) is 4.79 Å². The molecule has 1 aliphatic heterocycles. The van der Waals surface area contributed by atoms with Crippen molar-refractivity contribution >= 4 is 15.8 Å². The standard InChI is InChI=1S/C16H24N2O3S/c1-12(19)13-6-8-14(9-7-13)22(20,21)18-10-15(2,3)17-16(4,5)11-18/h6-9,17H,10-11H2,1-5H3. The minimum absolute atomic E-state index is 0.0756. The van der Waals surface area contributed by atoms with Crippen LogP contribution < -0.4 is 5.32 Å². The molecule has 0 amide bonds. The van der Waals surface area contributed by atoms with Gasteiger partial charge in [0.1, 0.15) is 0 Å². The fourth-order valence-corrected chi connectivity index (χ4v) is 4.88. The van der Waals surface area contributed by atoms with Gasteiger partial charge in [0, 0.05) is 29.7 Å². The van der Waals surface area contributed by atoms with Gasteiger partial charge in [0.2, 0.25) is 10.0 Å². The van der Waals surface area contributed by atoms with Gasteiger partial charge in [0.05, 0.1) is 4.90 Å². The normalized spacial score (nSPS) is 21.5. The maximum atomic E-state index is 12.9. The van der Waals surface area contributed by atoms with Crippen molar-refractivity contribution in [2.24, 2.45) is 0 Å². The van der Waals surface area contributed by atoms with Crippen molar-refractivity contribution in [3.63, 3.8) is 0 Å². The average Bonchev–Trinajstić information content (AvgIpc) is 2.35. The number of rotatable bonds is 3. The number of nitrogens with one attached hydrogen (secondary N) is 1. The van der Waals surface area contributed by atoms with Gasteiger partial charge in [-0.1, -0.05) is 12.1 Å². The molecule has 0 atom stereocenters. The third-order valence-electron chi connectivity index (χ3n) is 3.72. The first-order valence-corrected chi connectivity index (χ1v) is 8.78. The van der Waals surface area contributed by atoms with Crippen molar-refractivity contribution in [2.75, 3.05) is 13.1 Å². The number of carbonyl (C=O) groups is 1. The molecule has 1 heterocycles. The van der Waals surface area contributed by atoms with Crippen molar-refractivity contribution in [1.29, 1.82) is 0 Å².